The molecule has 0 fully saturated rings. The summed E-state index contributed by atoms with van der Waals surface area (Å²) in [6, 6.07) is 25.9. The van der Waals surface area contributed by atoms with Gasteiger partial charge >= 0.3 is 0 Å². The van der Waals surface area contributed by atoms with E-state index in [1.165, 1.54) is 92.9 Å². The van der Waals surface area contributed by atoms with Crippen LogP contribution < -0.4 is 10.4 Å². The van der Waals surface area contributed by atoms with Crippen LogP contribution in [-0.4, -0.2) is 0 Å². The van der Waals surface area contributed by atoms with E-state index >= 15 is 0 Å². The van der Waals surface area contributed by atoms with E-state index in [9.17, 15) is 0 Å². The Kier molecular flexibility index (Phi) is 7.98. The van der Waals surface area contributed by atoms with Gasteiger partial charge in [0.25, 0.3) is 0 Å². The van der Waals surface area contributed by atoms with Gasteiger partial charge in [0.1, 0.15) is 0 Å². The Morgan fingerprint density at radius 2 is 0.827 bits per heavy atom. The van der Waals surface area contributed by atoms with Crippen molar-refractivity contribution < 1.29 is 0 Å². The first kappa shape index (κ1) is 31.3. The van der Waals surface area contributed by atoms with E-state index in [0.29, 0.717) is 5.92 Å². The molecule has 0 amide bonds. The molecule has 52 heavy (non-hydrogen) atoms. The Morgan fingerprint density at radius 1 is 0.404 bits per heavy atom. The lowest BCUT2D eigenvalue weighted by molar-refractivity contribution is 0.921. The molecule has 5 aromatic carbocycles. The van der Waals surface area contributed by atoms with E-state index in [1.54, 1.807) is 0 Å². The van der Waals surface area contributed by atoms with E-state index in [0.717, 1.165) is 57.8 Å². The van der Waals surface area contributed by atoms with Gasteiger partial charge in [-0.25, -0.2) is 0 Å². The van der Waals surface area contributed by atoms with E-state index in [2.05, 4.69) is 152 Å². The van der Waals surface area contributed by atoms with Crippen molar-refractivity contribution in [2.45, 2.75) is 63.7 Å². The molecule has 5 aliphatic rings. The molecular formula is C52H44. The molecule has 10 rings (SSSR count). The van der Waals surface area contributed by atoms with Crippen molar-refractivity contribution in [2.75, 3.05) is 0 Å². The maximum atomic E-state index is 2.65. The Bertz CT molecular complexity index is 2690. The topological polar surface area (TPSA) is 0 Å². The first-order valence-electron chi connectivity index (χ1n) is 19.5. The van der Waals surface area contributed by atoms with Gasteiger partial charge in [0.2, 0.25) is 0 Å². The van der Waals surface area contributed by atoms with E-state index < -0.39 is 0 Å². The summed E-state index contributed by atoms with van der Waals surface area (Å²) in [5, 5.41) is 11.2. The summed E-state index contributed by atoms with van der Waals surface area (Å²) in [5.74, 6) is 0.296. The minimum atomic E-state index is 0.296. The molecule has 0 nitrogen and oxygen atoms in total. The standard InChI is InChI=1S/C52H44/c1-5-17-35(18-6-1)49-41-25-13-15-27-43(41)51(37-21-9-3-10-22-37)47-33-39(29-31-45(47)49)40-30-32-46-48(34-40)52(38-23-11-4-12-24-38)44-28-16-14-26-42(44)50(46)36-19-7-2-8-20-36/h1-5,7,9,11,13-17,19,21,23,25-29,31-34,40H,6,8,10,12,18,20,22,24,30H2. The van der Waals surface area contributed by atoms with Crippen LogP contribution in [0.1, 0.15) is 91.5 Å². The minimum absolute atomic E-state index is 0.296. The zero-order valence-electron chi connectivity index (χ0n) is 29.9. The summed E-state index contributed by atoms with van der Waals surface area (Å²) in [7, 11) is 0. The molecule has 0 bridgehead atoms. The van der Waals surface area contributed by atoms with Gasteiger partial charge in [-0.3, -0.25) is 0 Å². The molecule has 0 aliphatic heterocycles. The maximum Gasteiger partial charge on any atom is 0.00624 e. The third-order valence-corrected chi connectivity index (χ3v) is 12.1. The molecule has 0 heteroatoms. The lowest BCUT2D eigenvalue weighted by Crippen LogP contribution is -2.35. The first-order valence-corrected chi connectivity index (χ1v) is 19.5. The van der Waals surface area contributed by atoms with Crippen molar-refractivity contribution in [1.29, 1.82) is 0 Å². The highest BCUT2D eigenvalue weighted by atomic mass is 14.3. The molecule has 0 aromatic heterocycles. The van der Waals surface area contributed by atoms with Crippen LogP contribution >= 0.6 is 0 Å². The summed E-state index contributed by atoms with van der Waals surface area (Å²) in [4.78, 5) is 0. The van der Waals surface area contributed by atoms with Crippen molar-refractivity contribution in [3.63, 3.8) is 0 Å². The van der Waals surface area contributed by atoms with Crippen molar-refractivity contribution in [3.05, 3.63) is 178 Å². The Morgan fingerprint density at radius 3 is 1.31 bits per heavy atom. The average Bonchev–Trinajstić information content (AvgIpc) is 3.22. The molecule has 0 N–H and O–H groups in total. The molecule has 0 saturated carbocycles. The normalized spacial score (nSPS) is 19.5. The third-order valence-electron chi connectivity index (χ3n) is 12.1. The number of hydrogen-bond acceptors (Lipinski definition) is 0. The van der Waals surface area contributed by atoms with Crippen LogP contribution in [0.3, 0.4) is 0 Å². The van der Waals surface area contributed by atoms with Crippen LogP contribution in [0.15, 0.2) is 140 Å². The number of fused-ring (bicyclic) bond motifs is 4. The number of hydrogen-bond donors (Lipinski definition) is 0. The van der Waals surface area contributed by atoms with E-state index in [4.69, 9.17) is 0 Å². The van der Waals surface area contributed by atoms with Gasteiger partial charge in [-0.2, -0.15) is 0 Å². The van der Waals surface area contributed by atoms with Crippen LogP contribution in [0.5, 0.6) is 0 Å². The molecule has 1 atom stereocenters. The second kappa shape index (κ2) is 13.3. The van der Waals surface area contributed by atoms with Gasteiger partial charge < -0.3 is 0 Å². The summed E-state index contributed by atoms with van der Waals surface area (Å²) in [6.07, 6.45) is 42.7. The first-order chi connectivity index (χ1) is 25.8. The summed E-state index contributed by atoms with van der Waals surface area (Å²) in [6.45, 7) is 0. The Balaban J connectivity index is 1.25. The Labute approximate surface area is 307 Å². The predicted octanol–water partition coefficient (Wildman–Crippen LogP) is 12.8. The molecule has 252 valence electrons. The quantitative estimate of drug-likeness (QED) is 0.164. The molecule has 0 saturated heterocycles. The SMILES string of the molecule is C1=CCCC(c2c3c(c(C4=CC=CCC4)c4ccccc24)=CC(c2ccc4c(C5=CC=CCC5)c5ccccc5c(C5=CC=CCC5)c4c2)CC=3)=C1. The summed E-state index contributed by atoms with van der Waals surface area (Å²) < 4.78 is 0. The lowest BCUT2D eigenvalue weighted by Gasteiger charge is -2.25. The molecule has 0 spiro atoms. The zero-order chi connectivity index (χ0) is 34.4. The molecule has 5 aromatic rings. The molecule has 0 heterocycles. The van der Waals surface area contributed by atoms with Gasteiger partial charge in [-0.15, -0.1) is 0 Å². The van der Waals surface area contributed by atoms with Crippen molar-refractivity contribution >= 4 is 66.8 Å². The second-order valence-corrected chi connectivity index (χ2v) is 15.1. The van der Waals surface area contributed by atoms with Crippen LogP contribution in [0, 0.1) is 0 Å². The average molecular weight is 669 g/mol. The number of rotatable bonds is 5. The van der Waals surface area contributed by atoms with Crippen LogP contribution in [-0.2, 0) is 0 Å². The predicted molar refractivity (Wildman–Crippen MR) is 226 cm³/mol. The molecule has 0 radical (unpaired) electrons. The highest BCUT2D eigenvalue weighted by molar-refractivity contribution is 6.16. The van der Waals surface area contributed by atoms with Crippen LogP contribution in [0.2, 0.25) is 0 Å². The van der Waals surface area contributed by atoms with Gasteiger partial charge in [0, 0.05) is 5.92 Å². The largest absolute Gasteiger partial charge is 0.0842 e. The lowest BCUT2D eigenvalue weighted by atomic mass is 9.79. The molecular weight excluding hydrogens is 625 g/mol. The van der Waals surface area contributed by atoms with Crippen molar-refractivity contribution in [1.82, 2.24) is 0 Å². The molecule has 1 unspecified atom stereocenters. The highest BCUT2D eigenvalue weighted by Crippen LogP contribution is 2.44. The van der Waals surface area contributed by atoms with Crippen molar-refractivity contribution in [3.8, 4) is 0 Å². The highest BCUT2D eigenvalue weighted by Gasteiger charge is 2.24. The van der Waals surface area contributed by atoms with Gasteiger partial charge in [-0.05, 0) is 157 Å². The fourth-order valence-electron chi connectivity index (χ4n) is 9.66. The number of allylic oxidation sites excluding steroid dienone is 16. The van der Waals surface area contributed by atoms with E-state index in [1.807, 2.05) is 0 Å². The number of benzene rings is 5. The summed E-state index contributed by atoms with van der Waals surface area (Å²) >= 11 is 0. The Hall–Kier alpha value is -5.46. The maximum absolute atomic E-state index is 2.65. The monoisotopic (exact) mass is 668 g/mol. The van der Waals surface area contributed by atoms with Crippen LogP contribution in [0.25, 0.3) is 66.8 Å². The van der Waals surface area contributed by atoms with Crippen molar-refractivity contribution in [2.24, 2.45) is 0 Å². The second-order valence-electron chi connectivity index (χ2n) is 15.1. The summed E-state index contributed by atoms with van der Waals surface area (Å²) in [5.41, 5.74) is 13.0. The van der Waals surface area contributed by atoms with Gasteiger partial charge in [-0.1, -0.05) is 146 Å². The third kappa shape index (κ3) is 5.27. The van der Waals surface area contributed by atoms with Gasteiger partial charge in [0.05, 0.1) is 0 Å². The zero-order valence-corrected chi connectivity index (χ0v) is 29.9. The van der Waals surface area contributed by atoms with Gasteiger partial charge in [0.15, 0.2) is 0 Å². The smallest absolute Gasteiger partial charge is 0.00624 e. The molecule has 5 aliphatic carbocycles. The minimum Gasteiger partial charge on any atom is -0.0842 e. The fraction of sp³-hybridized carbons (Fsp3) is 0.192. The van der Waals surface area contributed by atoms with E-state index in [-0.39, 0.29) is 0 Å². The fourth-order valence-corrected chi connectivity index (χ4v) is 9.66. The van der Waals surface area contributed by atoms with Crippen LogP contribution in [0.4, 0.5) is 0 Å².